The number of esters is 1. The Morgan fingerprint density at radius 1 is 1.08 bits per heavy atom. The molecule has 1 aromatic heterocycles. The zero-order valence-electron chi connectivity index (χ0n) is 27.4. The topological polar surface area (TPSA) is 77.4 Å². The lowest BCUT2D eigenvalue weighted by Gasteiger charge is -2.26. The summed E-state index contributed by atoms with van der Waals surface area (Å²) in [5.41, 5.74) is -1.70. The SMILES string of the molecule is C=CCCCCc1cc(F)cc(F)c1-c1cc(C2CC2)c(F)c([C@H](CC(=O)OCC)NC(=O)[C@H](CC=C)n2cc(Br)c(C(F)(F)F)cc2=O)c1. The molecule has 0 saturated heterocycles. The molecule has 50 heavy (non-hydrogen) atoms. The maximum Gasteiger partial charge on any atom is 0.417 e. The lowest BCUT2D eigenvalue weighted by Crippen LogP contribution is -2.40. The normalized spacial score (nSPS) is 14.2. The zero-order valence-corrected chi connectivity index (χ0v) is 28.9. The Morgan fingerprint density at radius 3 is 2.42 bits per heavy atom. The molecule has 0 aliphatic heterocycles. The van der Waals surface area contributed by atoms with E-state index >= 15 is 8.78 Å². The van der Waals surface area contributed by atoms with E-state index in [9.17, 15) is 31.9 Å². The molecule has 6 nitrogen and oxygen atoms in total. The highest BCUT2D eigenvalue weighted by molar-refractivity contribution is 9.10. The van der Waals surface area contributed by atoms with Crippen molar-refractivity contribution in [1.29, 1.82) is 0 Å². The summed E-state index contributed by atoms with van der Waals surface area (Å²) in [6, 6.07) is 2.25. The molecule has 1 heterocycles. The summed E-state index contributed by atoms with van der Waals surface area (Å²) in [7, 11) is 0. The van der Waals surface area contributed by atoms with Crippen LogP contribution < -0.4 is 10.9 Å². The molecule has 0 unspecified atom stereocenters. The number of unbranched alkanes of at least 4 members (excludes halogenated alkanes) is 2. The predicted octanol–water partition coefficient (Wildman–Crippen LogP) is 9.42. The van der Waals surface area contributed by atoms with E-state index < -0.39 is 69.6 Å². The lowest BCUT2D eigenvalue weighted by atomic mass is 9.89. The fraction of sp³-hybridized carbons (Fsp3) is 0.378. The van der Waals surface area contributed by atoms with Crippen molar-refractivity contribution in [1.82, 2.24) is 9.88 Å². The van der Waals surface area contributed by atoms with E-state index in [0.717, 1.165) is 23.3 Å². The molecule has 1 amide bonds. The second-order valence-corrected chi connectivity index (χ2v) is 12.9. The number of carbonyl (C=O) groups is 2. The highest BCUT2D eigenvalue weighted by Gasteiger charge is 2.36. The van der Waals surface area contributed by atoms with Gasteiger partial charge in [0.05, 0.1) is 24.6 Å². The molecule has 1 N–H and O–H groups in total. The number of allylic oxidation sites excluding steroid dienone is 2. The highest BCUT2D eigenvalue weighted by Crippen LogP contribution is 2.45. The minimum Gasteiger partial charge on any atom is -0.466 e. The van der Waals surface area contributed by atoms with Gasteiger partial charge in [-0.2, -0.15) is 13.2 Å². The number of ether oxygens (including phenoxy) is 1. The van der Waals surface area contributed by atoms with Crippen LogP contribution >= 0.6 is 15.9 Å². The van der Waals surface area contributed by atoms with Crippen molar-refractivity contribution in [2.75, 3.05) is 6.61 Å². The minimum absolute atomic E-state index is 0.0284. The number of halogens is 7. The van der Waals surface area contributed by atoms with Gasteiger partial charge >= 0.3 is 12.1 Å². The largest absolute Gasteiger partial charge is 0.466 e. The molecule has 0 spiro atoms. The van der Waals surface area contributed by atoms with Crippen LogP contribution in [0.25, 0.3) is 11.1 Å². The molecule has 1 saturated carbocycles. The first-order chi connectivity index (χ1) is 23.7. The van der Waals surface area contributed by atoms with Gasteiger partial charge in [-0.3, -0.25) is 14.4 Å². The molecule has 0 bridgehead atoms. The second-order valence-electron chi connectivity index (χ2n) is 12.1. The Balaban J connectivity index is 1.84. The Morgan fingerprint density at radius 2 is 1.80 bits per heavy atom. The smallest absolute Gasteiger partial charge is 0.417 e. The average molecular weight is 768 g/mol. The average Bonchev–Trinajstić information content (AvgIpc) is 3.88. The third-order valence-corrected chi connectivity index (χ3v) is 9.04. The molecule has 13 heteroatoms. The zero-order chi connectivity index (χ0) is 36.7. The van der Waals surface area contributed by atoms with E-state index in [4.69, 9.17) is 4.74 Å². The number of carbonyl (C=O) groups excluding carboxylic acids is 2. The first kappa shape index (κ1) is 38.7. The van der Waals surface area contributed by atoms with Crippen molar-refractivity contribution in [3.63, 3.8) is 0 Å². The van der Waals surface area contributed by atoms with Gasteiger partial charge in [0.2, 0.25) is 5.91 Å². The van der Waals surface area contributed by atoms with Gasteiger partial charge in [0.1, 0.15) is 23.5 Å². The molecule has 268 valence electrons. The van der Waals surface area contributed by atoms with E-state index in [-0.39, 0.29) is 41.2 Å². The van der Waals surface area contributed by atoms with Crippen molar-refractivity contribution in [2.45, 2.75) is 82.5 Å². The number of amides is 1. The summed E-state index contributed by atoms with van der Waals surface area (Å²) in [4.78, 5) is 39.6. The van der Waals surface area contributed by atoms with Crippen molar-refractivity contribution in [3.8, 4) is 11.1 Å². The van der Waals surface area contributed by atoms with Crippen LogP contribution in [0.1, 0.15) is 92.1 Å². The lowest BCUT2D eigenvalue weighted by molar-refractivity contribution is -0.144. The number of nitrogens with zero attached hydrogens (tertiary/aromatic N) is 1. The van der Waals surface area contributed by atoms with Crippen LogP contribution in [0.3, 0.4) is 0 Å². The van der Waals surface area contributed by atoms with Gasteiger partial charge in [0.25, 0.3) is 5.56 Å². The van der Waals surface area contributed by atoms with E-state index in [1.807, 2.05) is 0 Å². The number of nitrogens with one attached hydrogen (secondary N) is 1. The maximum atomic E-state index is 16.4. The molecule has 1 fully saturated rings. The van der Waals surface area contributed by atoms with E-state index in [1.54, 1.807) is 13.0 Å². The Labute approximate surface area is 294 Å². The molecule has 2 atom stereocenters. The summed E-state index contributed by atoms with van der Waals surface area (Å²) in [6.07, 6.45) is 1.83. The van der Waals surface area contributed by atoms with Crippen LogP contribution in [0, 0.1) is 17.5 Å². The standard InChI is InChI=1S/C37H37BrF6N2O4/c1-4-7-8-9-11-22-14-24(39)17-29(40)34(22)23-15-25(21-12-13-21)35(41)26(16-23)30(19-33(48)50-6-3)45-36(49)31(10-5-2)46-20-28(38)27(18-32(46)47)37(42,43)44/h4-5,14-18,20-21,30-31H,1-2,6-13,19H2,3H3,(H,45,49)/t30-,31-/m0/s1. The predicted molar refractivity (Wildman–Crippen MR) is 181 cm³/mol. The van der Waals surface area contributed by atoms with Gasteiger partial charge in [0.15, 0.2) is 0 Å². The van der Waals surface area contributed by atoms with Gasteiger partial charge in [-0.1, -0.05) is 12.2 Å². The second kappa shape index (κ2) is 16.7. The van der Waals surface area contributed by atoms with Crippen LogP contribution in [-0.4, -0.2) is 23.1 Å². The van der Waals surface area contributed by atoms with Gasteiger partial charge in [-0.05, 0) is 109 Å². The first-order valence-electron chi connectivity index (χ1n) is 16.2. The number of aryl methyl sites for hydroxylation is 1. The maximum absolute atomic E-state index is 16.4. The molecule has 4 rings (SSSR count). The molecule has 1 aliphatic rings. The summed E-state index contributed by atoms with van der Waals surface area (Å²) < 4.78 is 92.3. The molecule has 3 aromatic rings. The van der Waals surface area contributed by atoms with Crippen molar-refractivity contribution >= 4 is 27.8 Å². The van der Waals surface area contributed by atoms with E-state index in [0.29, 0.717) is 43.7 Å². The monoisotopic (exact) mass is 766 g/mol. The van der Waals surface area contributed by atoms with Gasteiger partial charge in [0, 0.05) is 33.9 Å². The van der Waals surface area contributed by atoms with Crippen LogP contribution in [0.5, 0.6) is 0 Å². The molecule has 2 aromatic carbocycles. The summed E-state index contributed by atoms with van der Waals surface area (Å²) >= 11 is 2.82. The third-order valence-electron chi connectivity index (χ3n) is 8.41. The number of hydrogen-bond acceptors (Lipinski definition) is 4. The fourth-order valence-corrected chi connectivity index (χ4v) is 6.45. The van der Waals surface area contributed by atoms with Crippen LogP contribution in [0.4, 0.5) is 26.3 Å². The number of aromatic nitrogens is 1. The van der Waals surface area contributed by atoms with Crippen molar-refractivity contribution in [2.24, 2.45) is 0 Å². The first-order valence-corrected chi connectivity index (χ1v) is 17.0. The summed E-state index contributed by atoms with van der Waals surface area (Å²) in [5.74, 6) is -4.34. The molecule has 0 radical (unpaired) electrons. The van der Waals surface area contributed by atoms with Crippen LogP contribution in [0.15, 0.2) is 71.1 Å². The van der Waals surface area contributed by atoms with E-state index in [2.05, 4.69) is 34.4 Å². The highest BCUT2D eigenvalue weighted by atomic mass is 79.9. The molecular weight excluding hydrogens is 730 g/mol. The number of hydrogen-bond donors (Lipinski definition) is 1. The number of pyridine rings is 1. The minimum atomic E-state index is -4.85. The molecule has 1 aliphatic carbocycles. The van der Waals surface area contributed by atoms with Crippen LogP contribution in [0.2, 0.25) is 0 Å². The summed E-state index contributed by atoms with van der Waals surface area (Å²) in [5, 5.41) is 2.60. The quantitative estimate of drug-likeness (QED) is 0.0683. The van der Waals surface area contributed by atoms with Crippen molar-refractivity contribution < 1.29 is 40.7 Å². The van der Waals surface area contributed by atoms with E-state index in [1.165, 1.54) is 24.3 Å². The Hall–Kier alpha value is -4.13. The third kappa shape index (κ3) is 9.35. The molecular formula is C37H37BrF6N2O4. The number of rotatable bonds is 16. The Kier molecular flexibility index (Phi) is 12.9. The van der Waals surface area contributed by atoms with Gasteiger partial charge in [-0.25, -0.2) is 13.2 Å². The Bertz CT molecular complexity index is 1820. The number of alkyl halides is 3. The number of benzene rings is 2. The van der Waals surface area contributed by atoms with Crippen LogP contribution in [-0.2, 0) is 26.9 Å². The fourth-order valence-electron chi connectivity index (χ4n) is 5.89. The van der Waals surface area contributed by atoms with Gasteiger partial charge in [-0.15, -0.1) is 13.2 Å². The van der Waals surface area contributed by atoms with Crippen molar-refractivity contribution in [3.05, 3.63) is 116 Å². The van der Waals surface area contributed by atoms with Gasteiger partial charge < -0.3 is 14.6 Å². The summed E-state index contributed by atoms with van der Waals surface area (Å²) in [6.45, 7) is 8.81.